The number of nitrogens with one attached hydrogen (secondary N) is 1. The molecule has 0 fully saturated rings. The quantitative estimate of drug-likeness (QED) is 0.731. The van der Waals surface area contributed by atoms with Crippen molar-refractivity contribution in [1.82, 2.24) is 4.98 Å². The molecule has 0 bridgehead atoms. The lowest BCUT2D eigenvalue weighted by molar-refractivity contribution is 0.443. The van der Waals surface area contributed by atoms with Crippen molar-refractivity contribution in [1.29, 1.82) is 0 Å². The van der Waals surface area contributed by atoms with E-state index in [1.165, 1.54) is 0 Å². The smallest absolute Gasteiger partial charge is 0.123 e. The fourth-order valence-corrected chi connectivity index (χ4v) is 0.877. The van der Waals surface area contributed by atoms with Crippen LogP contribution in [0.1, 0.15) is 20.8 Å². The second kappa shape index (κ2) is 3.64. The van der Waals surface area contributed by atoms with Gasteiger partial charge < -0.3 is 11.1 Å². The van der Waals surface area contributed by atoms with E-state index in [0.717, 1.165) is 12.2 Å². The zero-order valence-corrected chi connectivity index (χ0v) is 8.46. The summed E-state index contributed by atoms with van der Waals surface area (Å²) in [5.41, 5.74) is 6.77. The number of nitrogens with zero attached hydrogens (tertiary/aromatic N) is 1. The highest BCUT2D eigenvalue weighted by Gasteiger charge is 2.08. The Hall–Kier alpha value is -1.25. The van der Waals surface area contributed by atoms with E-state index in [2.05, 4.69) is 31.1 Å². The Morgan fingerprint density at radius 2 is 2.08 bits per heavy atom. The monoisotopic (exact) mass is 179 g/mol. The molecule has 0 aliphatic heterocycles. The third kappa shape index (κ3) is 3.78. The van der Waals surface area contributed by atoms with Crippen LogP contribution in [0.5, 0.6) is 0 Å². The third-order valence-electron chi connectivity index (χ3n) is 1.61. The molecule has 0 aliphatic carbocycles. The summed E-state index contributed by atoms with van der Waals surface area (Å²) in [5, 5.41) is 3.29. The summed E-state index contributed by atoms with van der Waals surface area (Å²) in [6.45, 7) is 7.48. The van der Waals surface area contributed by atoms with E-state index >= 15 is 0 Å². The molecule has 3 N–H and O–H groups in total. The summed E-state index contributed by atoms with van der Waals surface area (Å²) in [6, 6.07) is 3.74. The number of rotatable bonds is 2. The minimum absolute atomic E-state index is 0.279. The minimum atomic E-state index is 0.279. The molecule has 13 heavy (non-hydrogen) atoms. The highest BCUT2D eigenvalue weighted by Crippen LogP contribution is 2.15. The van der Waals surface area contributed by atoms with Crippen LogP contribution in [0.2, 0.25) is 0 Å². The molecule has 0 unspecified atom stereocenters. The maximum atomic E-state index is 5.47. The zero-order chi connectivity index (χ0) is 9.90. The van der Waals surface area contributed by atoms with Gasteiger partial charge in [-0.15, -0.1) is 0 Å². The highest BCUT2D eigenvalue weighted by atomic mass is 14.9. The lowest BCUT2D eigenvalue weighted by atomic mass is 9.97. The molecule has 1 heterocycles. The highest BCUT2D eigenvalue weighted by molar-refractivity contribution is 5.45. The molecule has 3 heteroatoms. The number of nitrogens with two attached hydrogens (primary N) is 1. The first kappa shape index (κ1) is 9.84. The van der Waals surface area contributed by atoms with Gasteiger partial charge in [0.2, 0.25) is 0 Å². The van der Waals surface area contributed by atoms with Gasteiger partial charge in [0.25, 0.3) is 0 Å². The van der Waals surface area contributed by atoms with Crippen molar-refractivity contribution in [3.05, 3.63) is 18.3 Å². The maximum Gasteiger partial charge on any atom is 0.123 e. The average molecular weight is 179 g/mol. The summed E-state index contributed by atoms with van der Waals surface area (Å²) in [7, 11) is 0. The molecule has 0 saturated carbocycles. The molecule has 3 nitrogen and oxygen atoms in total. The normalized spacial score (nSPS) is 11.3. The third-order valence-corrected chi connectivity index (χ3v) is 1.61. The lowest BCUT2D eigenvalue weighted by Crippen LogP contribution is -2.19. The minimum Gasteiger partial charge on any atom is -0.384 e. The van der Waals surface area contributed by atoms with Crippen LogP contribution >= 0.6 is 0 Å². The van der Waals surface area contributed by atoms with Gasteiger partial charge in [-0.05, 0) is 17.5 Å². The molecule has 0 atom stereocenters. The SMILES string of the molecule is CC(C)(C)CNc1ccc(N)nc1. The van der Waals surface area contributed by atoms with Crippen LogP contribution in [0.4, 0.5) is 11.5 Å². The Morgan fingerprint density at radius 3 is 2.54 bits per heavy atom. The van der Waals surface area contributed by atoms with E-state index in [-0.39, 0.29) is 5.41 Å². The standard InChI is InChI=1S/C10H17N3/c1-10(2,3)7-13-8-4-5-9(11)12-6-8/h4-6,13H,7H2,1-3H3,(H2,11,12). The molecule has 1 aromatic rings. The molecular weight excluding hydrogens is 162 g/mol. The molecule has 0 radical (unpaired) electrons. The van der Waals surface area contributed by atoms with Crippen LogP contribution in [-0.2, 0) is 0 Å². The van der Waals surface area contributed by atoms with Crippen LogP contribution in [0.3, 0.4) is 0 Å². The predicted molar refractivity (Wildman–Crippen MR) is 56.6 cm³/mol. The van der Waals surface area contributed by atoms with Crippen LogP contribution < -0.4 is 11.1 Å². The Morgan fingerprint density at radius 1 is 1.38 bits per heavy atom. The first-order valence-electron chi connectivity index (χ1n) is 4.43. The summed E-state index contributed by atoms with van der Waals surface area (Å²) >= 11 is 0. The molecular formula is C10H17N3. The van der Waals surface area contributed by atoms with E-state index in [1.807, 2.05) is 6.07 Å². The number of aromatic nitrogens is 1. The van der Waals surface area contributed by atoms with E-state index < -0.39 is 0 Å². The van der Waals surface area contributed by atoms with Crippen molar-refractivity contribution in [3.8, 4) is 0 Å². The van der Waals surface area contributed by atoms with Crippen molar-refractivity contribution >= 4 is 11.5 Å². The van der Waals surface area contributed by atoms with Gasteiger partial charge in [0, 0.05) is 6.54 Å². The number of pyridine rings is 1. The van der Waals surface area contributed by atoms with E-state index in [0.29, 0.717) is 5.82 Å². The predicted octanol–water partition coefficient (Wildman–Crippen LogP) is 2.12. The number of hydrogen-bond donors (Lipinski definition) is 2. The Bertz CT molecular complexity index is 258. The number of nitrogen functional groups attached to an aromatic ring is 1. The first-order chi connectivity index (χ1) is 5.97. The second-order valence-electron chi connectivity index (χ2n) is 4.39. The number of anilines is 2. The average Bonchev–Trinajstić information content (AvgIpc) is 2.02. The molecule has 0 saturated heterocycles. The van der Waals surface area contributed by atoms with E-state index in [4.69, 9.17) is 5.73 Å². The van der Waals surface area contributed by atoms with Crippen LogP contribution in [-0.4, -0.2) is 11.5 Å². The van der Waals surface area contributed by atoms with Crippen LogP contribution in [0.25, 0.3) is 0 Å². The van der Waals surface area contributed by atoms with Crippen LogP contribution in [0, 0.1) is 5.41 Å². The van der Waals surface area contributed by atoms with Crippen molar-refractivity contribution in [2.75, 3.05) is 17.6 Å². The molecule has 0 amide bonds. The Labute approximate surface area is 79.4 Å². The van der Waals surface area contributed by atoms with Crippen LogP contribution in [0.15, 0.2) is 18.3 Å². The van der Waals surface area contributed by atoms with Gasteiger partial charge in [-0.1, -0.05) is 20.8 Å². The van der Waals surface area contributed by atoms with Crippen molar-refractivity contribution < 1.29 is 0 Å². The number of hydrogen-bond acceptors (Lipinski definition) is 3. The van der Waals surface area contributed by atoms with Crippen molar-refractivity contribution in [3.63, 3.8) is 0 Å². The van der Waals surface area contributed by atoms with Gasteiger partial charge in [-0.2, -0.15) is 0 Å². The first-order valence-corrected chi connectivity index (χ1v) is 4.43. The van der Waals surface area contributed by atoms with Gasteiger partial charge in [0.05, 0.1) is 11.9 Å². The summed E-state index contributed by atoms with van der Waals surface area (Å²) in [6.07, 6.45) is 1.75. The topological polar surface area (TPSA) is 50.9 Å². The maximum absolute atomic E-state index is 5.47. The second-order valence-corrected chi connectivity index (χ2v) is 4.39. The summed E-state index contributed by atoms with van der Waals surface area (Å²) < 4.78 is 0. The fourth-order valence-electron chi connectivity index (χ4n) is 0.877. The Balaban J connectivity index is 2.51. The van der Waals surface area contributed by atoms with Gasteiger partial charge >= 0.3 is 0 Å². The molecule has 0 aromatic carbocycles. The van der Waals surface area contributed by atoms with Crippen molar-refractivity contribution in [2.45, 2.75) is 20.8 Å². The molecule has 0 aliphatic rings. The Kier molecular flexibility index (Phi) is 2.76. The van der Waals surface area contributed by atoms with E-state index in [9.17, 15) is 0 Å². The lowest BCUT2D eigenvalue weighted by Gasteiger charge is -2.19. The molecule has 72 valence electrons. The van der Waals surface area contributed by atoms with Gasteiger partial charge in [0.15, 0.2) is 0 Å². The molecule has 1 aromatic heterocycles. The summed E-state index contributed by atoms with van der Waals surface area (Å²) in [5.74, 6) is 0.557. The van der Waals surface area contributed by atoms with Gasteiger partial charge in [0.1, 0.15) is 5.82 Å². The van der Waals surface area contributed by atoms with Crippen molar-refractivity contribution in [2.24, 2.45) is 5.41 Å². The largest absolute Gasteiger partial charge is 0.384 e. The van der Waals surface area contributed by atoms with Gasteiger partial charge in [-0.3, -0.25) is 0 Å². The summed E-state index contributed by atoms with van der Waals surface area (Å²) in [4.78, 5) is 4.00. The molecule has 1 rings (SSSR count). The fraction of sp³-hybridized carbons (Fsp3) is 0.500. The van der Waals surface area contributed by atoms with Gasteiger partial charge in [-0.25, -0.2) is 4.98 Å². The zero-order valence-electron chi connectivity index (χ0n) is 8.46. The molecule has 0 spiro atoms. The van der Waals surface area contributed by atoms with E-state index in [1.54, 1.807) is 12.3 Å².